The van der Waals surface area contributed by atoms with E-state index in [1.807, 2.05) is 12.1 Å². The Hall–Kier alpha value is -1.66. The summed E-state index contributed by atoms with van der Waals surface area (Å²) in [4.78, 5) is 19.5. The fraction of sp³-hybridized carbons (Fsp3) is 0.579. The number of nitrogens with zero attached hydrogens (tertiary/aromatic N) is 2. The van der Waals surface area contributed by atoms with Gasteiger partial charge in [-0.2, -0.15) is 0 Å². The number of rotatable bonds is 5. The third kappa shape index (κ3) is 3.96. The van der Waals surface area contributed by atoms with Crippen molar-refractivity contribution in [2.24, 2.45) is 5.92 Å². The molecule has 3 heterocycles. The molecule has 6 heteroatoms. The van der Waals surface area contributed by atoms with Crippen LogP contribution in [0.4, 0.5) is 5.13 Å². The van der Waals surface area contributed by atoms with Crippen molar-refractivity contribution in [3.63, 3.8) is 0 Å². The minimum atomic E-state index is 0.0604. The van der Waals surface area contributed by atoms with E-state index in [1.165, 1.54) is 4.70 Å². The lowest BCUT2D eigenvalue weighted by Gasteiger charge is -2.31. The zero-order valence-corrected chi connectivity index (χ0v) is 15.3. The van der Waals surface area contributed by atoms with E-state index in [2.05, 4.69) is 22.3 Å². The Labute approximate surface area is 152 Å². The standard InChI is InChI=1S/C19H25N3O2S/c23-18(20-10-9-15-6-4-12-24-15)14-5-3-11-22(13-14)19-21-16-7-1-2-8-17(16)25-19/h1-2,7-8,14-15H,3-6,9-13H2,(H,20,23)/t14-,15+/m0/s1. The van der Waals surface area contributed by atoms with Crippen LogP contribution in [0.3, 0.4) is 0 Å². The minimum absolute atomic E-state index is 0.0604. The van der Waals surface area contributed by atoms with Gasteiger partial charge in [-0.1, -0.05) is 23.5 Å². The molecule has 1 aromatic heterocycles. The van der Waals surface area contributed by atoms with Crippen LogP contribution in [-0.4, -0.2) is 43.2 Å². The molecule has 0 spiro atoms. The third-order valence-electron chi connectivity index (χ3n) is 5.13. The van der Waals surface area contributed by atoms with Crippen molar-refractivity contribution >= 4 is 32.6 Å². The molecule has 2 saturated heterocycles. The van der Waals surface area contributed by atoms with E-state index in [9.17, 15) is 4.79 Å². The lowest BCUT2D eigenvalue weighted by Crippen LogP contribution is -2.43. The topological polar surface area (TPSA) is 54.5 Å². The first-order valence-electron chi connectivity index (χ1n) is 9.29. The number of carbonyl (C=O) groups excluding carboxylic acids is 1. The molecule has 5 nitrogen and oxygen atoms in total. The molecule has 2 atom stereocenters. The fourth-order valence-corrected chi connectivity index (χ4v) is 4.73. The second-order valence-corrected chi connectivity index (χ2v) is 7.97. The molecule has 2 aromatic rings. The van der Waals surface area contributed by atoms with Gasteiger partial charge in [0.15, 0.2) is 5.13 Å². The van der Waals surface area contributed by atoms with Crippen LogP contribution < -0.4 is 10.2 Å². The molecular weight excluding hydrogens is 334 g/mol. The summed E-state index contributed by atoms with van der Waals surface area (Å²) in [5.74, 6) is 0.245. The van der Waals surface area contributed by atoms with Gasteiger partial charge in [0.25, 0.3) is 0 Å². The number of ether oxygens (including phenoxy) is 1. The van der Waals surface area contributed by atoms with Gasteiger partial charge in [-0.15, -0.1) is 0 Å². The van der Waals surface area contributed by atoms with Crippen molar-refractivity contribution in [3.8, 4) is 0 Å². The number of anilines is 1. The monoisotopic (exact) mass is 359 g/mol. The number of aromatic nitrogens is 1. The van der Waals surface area contributed by atoms with Gasteiger partial charge in [0, 0.05) is 26.2 Å². The summed E-state index contributed by atoms with van der Waals surface area (Å²) >= 11 is 1.72. The number of fused-ring (bicyclic) bond motifs is 1. The number of benzene rings is 1. The van der Waals surface area contributed by atoms with Gasteiger partial charge in [-0.25, -0.2) is 4.98 Å². The highest BCUT2D eigenvalue weighted by molar-refractivity contribution is 7.22. The Kier molecular flexibility index (Phi) is 5.17. The number of amides is 1. The van der Waals surface area contributed by atoms with Crippen LogP contribution in [0.1, 0.15) is 32.1 Å². The van der Waals surface area contributed by atoms with E-state index in [4.69, 9.17) is 9.72 Å². The van der Waals surface area contributed by atoms with E-state index in [0.717, 1.165) is 69.0 Å². The smallest absolute Gasteiger partial charge is 0.224 e. The Morgan fingerprint density at radius 2 is 2.24 bits per heavy atom. The Morgan fingerprint density at radius 3 is 3.08 bits per heavy atom. The molecule has 0 unspecified atom stereocenters. The summed E-state index contributed by atoms with van der Waals surface area (Å²) < 4.78 is 6.83. The molecule has 2 fully saturated rings. The van der Waals surface area contributed by atoms with Crippen LogP contribution in [0.25, 0.3) is 10.2 Å². The molecule has 0 radical (unpaired) electrons. The normalized spacial score (nSPS) is 23.9. The maximum absolute atomic E-state index is 12.5. The number of hydrogen-bond donors (Lipinski definition) is 1. The maximum Gasteiger partial charge on any atom is 0.224 e. The quantitative estimate of drug-likeness (QED) is 0.891. The summed E-state index contributed by atoms with van der Waals surface area (Å²) in [6.07, 6.45) is 5.56. The molecule has 0 saturated carbocycles. The maximum atomic E-state index is 12.5. The van der Waals surface area contributed by atoms with Crippen molar-refractivity contribution in [2.45, 2.75) is 38.2 Å². The Bertz CT molecular complexity index is 693. The summed E-state index contributed by atoms with van der Waals surface area (Å²) in [5, 5.41) is 4.16. The molecule has 4 rings (SSSR count). The van der Waals surface area contributed by atoms with Crippen LogP contribution in [-0.2, 0) is 9.53 Å². The molecule has 2 aliphatic heterocycles. The lowest BCUT2D eigenvalue weighted by molar-refractivity contribution is -0.125. The number of hydrogen-bond acceptors (Lipinski definition) is 5. The number of piperidine rings is 1. The number of para-hydroxylation sites is 1. The molecule has 0 bridgehead atoms. The number of nitrogens with one attached hydrogen (secondary N) is 1. The molecule has 134 valence electrons. The lowest BCUT2D eigenvalue weighted by atomic mass is 9.97. The van der Waals surface area contributed by atoms with Crippen molar-refractivity contribution in [1.82, 2.24) is 10.3 Å². The highest BCUT2D eigenvalue weighted by atomic mass is 32.1. The van der Waals surface area contributed by atoms with E-state index < -0.39 is 0 Å². The van der Waals surface area contributed by atoms with Gasteiger partial charge < -0.3 is 15.0 Å². The van der Waals surface area contributed by atoms with Gasteiger partial charge in [-0.3, -0.25) is 4.79 Å². The van der Waals surface area contributed by atoms with Crippen LogP contribution in [0.2, 0.25) is 0 Å². The van der Waals surface area contributed by atoms with E-state index in [0.29, 0.717) is 6.10 Å². The second kappa shape index (κ2) is 7.70. The van der Waals surface area contributed by atoms with Gasteiger partial charge in [-0.05, 0) is 44.2 Å². The fourth-order valence-electron chi connectivity index (χ4n) is 3.73. The van der Waals surface area contributed by atoms with Gasteiger partial charge in [0.1, 0.15) is 0 Å². The second-order valence-electron chi connectivity index (χ2n) is 6.96. The van der Waals surface area contributed by atoms with Crippen molar-refractivity contribution in [2.75, 3.05) is 31.1 Å². The molecule has 1 N–H and O–H groups in total. The number of thiazole rings is 1. The average molecular weight is 359 g/mol. The van der Waals surface area contributed by atoms with Crippen LogP contribution >= 0.6 is 11.3 Å². The highest BCUT2D eigenvalue weighted by Gasteiger charge is 2.27. The summed E-state index contributed by atoms with van der Waals surface area (Å²) in [5.41, 5.74) is 1.05. The van der Waals surface area contributed by atoms with Crippen molar-refractivity contribution in [3.05, 3.63) is 24.3 Å². The largest absolute Gasteiger partial charge is 0.378 e. The Morgan fingerprint density at radius 1 is 1.32 bits per heavy atom. The SMILES string of the molecule is O=C(NCC[C@H]1CCCO1)[C@H]1CCCN(c2nc3ccccc3s2)C1. The van der Waals surface area contributed by atoms with Crippen molar-refractivity contribution in [1.29, 1.82) is 0 Å². The van der Waals surface area contributed by atoms with Gasteiger partial charge in [0.2, 0.25) is 5.91 Å². The molecule has 1 aromatic carbocycles. The highest BCUT2D eigenvalue weighted by Crippen LogP contribution is 2.31. The van der Waals surface area contributed by atoms with E-state index >= 15 is 0 Å². The average Bonchev–Trinajstić information content (AvgIpc) is 3.31. The predicted molar refractivity (Wildman–Crippen MR) is 101 cm³/mol. The molecule has 0 aliphatic carbocycles. The van der Waals surface area contributed by atoms with E-state index in [-0.39, 0.29) is 11.8 Å². The first kappa shape index (κ1) is 16.8. The zero-order valence-electron chi connectivity index (χ0n) is 14.4. The van der Waals surface area contributed by atoms with Crippen LogP contribution in [0.15, 0.2) is 24.3 Å². The summed E-state index contributed by atoms with van der Waals surface area (Å²) in [6, 6.07) is 8.22. The van der Waals surface area contributed by atoms with Crippen LogP contribution in [0, 0.1) is 5.92 Å². The van der Waals surface area contributed by atoms with Gasteiger partial charge >= 0.3 is 0 Å². The first-order valence-corrected chi connectivity index (χ1v) is 10.1. The third-order valence-corrected chi connectivity index (χ3v) is 6.23. The van der Waals surface area contributed by atoms with Gasteiger partial charge in [0.05, 0.1) is 22.2 Å². The predicted octanol–water partition coefficient (Wildman–Crippen LogP) is 3.20. The Balaban J connectivity index is 1.32. The summed E-state index contributed by atoms with van der Waals surface area (Å²) in [7, 11) is 0. The molecule has 25 heavy (non-hydrogen) atoms. The molecule has 2 aliphatic rings. The first-order chi connectivity index (χ1) is 12.3. The number of carbonyl (C=O) groups is 1. The molecular formula is C19H25N3O2S. The van der Waals surface area contributed by atoms with E-state index in [1.54, 1.807) is 11.3 Å². The zero-order chi connectivity index (χ0) is 17.1. The van der Waals surface area contributed by atoms with Crippen molar-refractivity contribution < 1.29 is 9.53 Å². The minimum Gasteiger partial charge on any atom is -0.378 e. The van der Waals surface area contributed by atoms with Crippen LogP contribution in [0.5, 0.6) is 0 Å². The molecule has 1 amide bonds. The summed E-state index contributed by atoms with van der Waals surface area (Å²) in [6.45, 7) is 3.35.